The Morgan fingerprint density at radius 3 is 2.37 bits per heavy atom. The summed E-state index contributed by atoms with van der Waals surface area (Å²) >= 11 is 0. The van der Waals surface area contributed by atoms with E-state index >= 15 is 0 Å². The highest BCUT2D eigenvalue weighted by atomic mass is 15.2. The highest BCUT2D eigenvalue weighted by Crippen LogP contribution is 2.23. The molecule has 0 aromatic heterocycles. The summed E-state index contributed by atoms with van der Waals surface area (Å²) in [6.07, 6.45) is 1.38. The highest BCUT2D eigenvalue weighted by Gasteiger charge is 2.24. The van der Waals surface area contributed by atoms with Crippen molar-refractivity contribution in [3.63, 3.8) is 0 Å². The lowest BCUT2D eigenvalue weighted by molar-refractivity contribution is 0.129. The number of rotatable bonds is 5. The van der Waals surface area contributed by atoms with Crippen LogP contribution in [0.5, 0.6) is 0 Å². The number of piperidine rings is 1. The van der Waals surface area contributed by atoms with Gasteiger partial charge in [0, 0.05) is 25.7 Å². The molecule has 3 unspecified atom stereocenters. The molecule has 3 atom stereocenters. The Labute approximate surface area is 118 Å². The molecule has 1 aliphatic heterocycles. The van der Waals surface area contributed by atoms with Crippen LogP contribution in [0.4, 0.5) is 0 Å². The van der Waals surface area contributed by atoms with Crippen LogP contribution in [0.25, 0.3) is 0 Å². The van der Waals surface area contributed by atoms with Crippen molar-refractivity contribution in [1.82, 2.24) is 10.2 Å². The van der Waals surface area contributed by atoms with Gasteiger partial charge in [0.2, 0.25) is 0 Å². The van der Waals surface area contributed by atoms with E-state index in [0.717, 1.165) is 24.9 Å². The first kappa shape index (κ1) is 14.5. The molecule has 0 aliphatic carbocycles. The molecule has 1 heterocycles. The topological polar surface area (TPSA) is 15.3 Å². The van der Waals surface area contributed by atoms with E-state index in [1.54, 1.807) is 0 Å². The molecule has 1 saturated heterocycles. The van der Waals surface area contributed by atoms with E-state index in [0.29, 0.717) is 6.04 Å². The summed E-state index contributed by atoms with van der Waals surface area (Å²) in [7, 11) is 0. The van der Waals surface area contributed by atoms with Crippen LogP contribution in [0, 0.1) is 11.8 Å². The molecule has 1 fully saturated rings. The smallest absolute Gasteiger partial charge is 0.0449 e. The van der Waals surface area contributed by atoms with E-state index in [1.807, 2.05) is 0 Å². The molecule has 0 saturated carbocycles. The Balaban J connectivity index is 2.00. The van der Waals surface area contributed by atoms with E-state index in [4.69, 9.17) is 0 Å². The van der Waals surface area contributed by atoms with Gasteiger partial charge in [0.15, 0.2) is 0 Å². The van der Waals surface area contributed by atoms with Gasteiger partial charge in [0.1, 0.15) is 0 Å². The summed E-state index contributed by atoms with van der Waals surface area (Å²) < 4.78 is 0. The summed E-state index contributed by atoms with van der Waals surface area (Å²) in [6.45, 7) is 11.6. The minimum absolute atomic E-state index is 0.462. The molecular weight excluding hydrogens is 232 g/mol. The van der Waals surface area contributed by atoms with Crippen LogP contribution in [-0.2, 0) is 0 Å². The second-order valence-corrected chi connectivity index (χ2v) is 6.19. The summed E-state index contributed by atoms with van der Waals surface area (Å²) in [5.41, 5.74) is 1.41. The molecule has 2 nitrogen and oxygen atoms in total. The number of benzene rings is 1. The Morgan fingerprint density at radius 1 is 1.16 bits per heavy atom. The molecule has 2 heteroatoms. The molecule has 1 N–H and O–H groups in total. The van der Waals surface area contributed by atoms with Gasteiger partial charge >= 0.3 is 0 Å². The minimum Gasteiger partial charge on any atom is -0.309 e. The average molecular weight is 260 g/mol. The van der Waals surface area contributed by atoms with Gasteiger partial charge in [-0.3, -0.25) is 0 Å². The Hall–Kier alpha value is -0.860. The largest absolute Gasteiger partial charge is 0.309 e. The Morgan fingerprint density at radius 2 is 1.79 bits per heavy atom. The van der Waals surface area contributed by atoms with Crippen molar-refractivity contribution < 1.29 is 0 Å². The van der Waals surface area contributed by atoms with Gasteiger partial charge in [0.25, 0.3) is 0 Å². The summed E-state index contributed by atoms with van der Waals surface area (Å²) in [6, 6.07) is 11.3. The van der Waals surface area contributed by atoms with Crippen molar-refractivity contribution in [2.45, 2.75) is 33.2 Å². The number of hydrogen-bond donors (Lipinski definition) is 1. The monoisotopic (exact) mass is 260 g/mol. The minimum atomic E-state index is 0.462. The fourth-order valence-electron chi connectivity index (χ4n) is 3.42. The maximum atomic E-state index is 3.63. The molecule has 1 aromatic rings. The van der Waals surface area contributed by atoms with Gasteiger partial charge in [-0.15, -0.1) is 0 Å². The van der Waals surface area contributed by atoms with Crippen LogP contribution < -0.4 is 5.32 Å². The van der Waals surface area contributed by atoms with Gasteiger partial charge in [-0.2, -0.15) is 0 Å². The van der Waals surface area contributed by atoms with E-state index in [1.165, 1.54) is 25.1 Å². The number of nitrogens with one attached hydrogen (secondary N) is 1. The molecule has 106 valence electrons. The van der Waals surface area contributed by atoms with Gasteiger partial charge in [-0.25, -0.2) is 0 Å². The van der Waals surface area contributed by atoms with E-state index in [2.05, 4.69) is 61.3 Å². The van der Waals surface area contributed by atoms with Crippen molar-refractivity contribution in [2.75, 3.05) is 26.2 Å². The van der Waals surface area contributed by atoms with Gasteiger partial charge in [-0.1, -0.05) is 51.1 Å². The highest BCUT2D eigenvalue weighted by molar-refractivity contribution is 5.19. The van der Waals surface area contributed by atoms with Crippen LogP contribution in [0.3, 0.4) is 0 Å². The fourth-order valence-corrected chi connectivity index (χ4v) is 3.42. The number of likely N-dealkylation sites (tertiary alicyclic amines) is 1. The molecule has 0 radical (unpaired) electrons. The second-order valence-electron chi connectivity index (χ2n) is 6.19. The molecule has 19 heavy (non-hydrogen) atoms. The van der Waals surface area contributed by atoms with Gasteiger partial charge in [0.05, 0.1) is 0 Å². The SMILES string of the molecule is CCNC(CN1CC(C)CC(C)C1)c1ccccc1. The molecule has 1 aliphatic rings. The molecular formula is C17H28N2. The predicted molar refractivity (Wildman–Crippen MR) is 82.2 cm³/mol. The fraction of sp³-hybridized carbons (Fsp3) is 0.647. The summed E-state index contributed by atoms with van der Waals surface area (Å²) in [5, 5.41) is 3.63. The second kappa shape index (κ2) is 7.06. The summed E-state index contributed by atoms with van der Waals surface area (Å²) in [4.78, 5) is 2.64. The van der Waals surface area contributed by atoms with Crippen LogP contribution in [-0.4, -0.2) is 31.1 Å². The first-order valence-corrected chi connectivity index (χ1v) is 7.69. The maximum absolute atomic E-state index is 3.63. The molecule has 0 amide bonds. The standard InChI is InChI=1S/C17H28N2/c1-4-18-17(16-8-6-5-7-9-16)13-19-11-14(2)10-15(3)12-19/h5-9,14-15,17-18H,4,10-13H2,1-3H3. The normalized spacial score (nSPS) is 26.3. The molecule has 2 rings (SSSR count). The van der Waals surface area contributed by atoms with Crippen LogP contribution in [0.15, 0.2) is 30.3 Å². The Bertz CT molecular complexity index is 353. The molecule has 0 spiro atoms. The van der Waals surface area contributed by atoms with Crippen molar-refractivity contribution >= 4 is 0 Å². The number of nitrogens with zero attached hydrogens (tertiary/aromatic N) is 1. The first-order valence-electron chi connectivity index (χ1n) is 7.69. The van der Waals surface area contributed by atoms with Crippen molar-refractivity contribution in [1.29, 1.82) is 0 Å². The molecule has 0 bridgehead atoms. The molecule has 1 aromatic carbocycles. The average Bonchev–Trinajstić information content (AvgIpc) is 2.38. The van der Waals surface area contributed by atoms with Crippen LogP contribution >= 0.6 is 0 Å². The lowest BCUT2D eigenvalue weighted by Crippen LogP contribution is -2.43. The number of likely N-dealkylation sites (N-methyl/N-ethyl adjacent to an activating group) is 1. The lowest BCUT2D eigenvalue weighted by Gasteiger charge is -2.37. The Kier molecular flexibility index (Phi) is 5.41. The van der Waals surface area contributed by atoms with Crippen molar-refractivity contribution in [3.8, 4) is 0 Å². The summed E-state index contributed by atoms with van der Waals surface area (Å²) in [5.74, 6) is 1.67. The van der Waals surface area contributed by atoms with Crippen molar-refractivity contribution in [3.05, 3.63) is 35.9 Å². The third kappa shape index (κ3) is 4.32. The number of hydrogen-bond acceptors (Lipinski definition) is 2. The zero-order chi connectivity index (χ0) is 13.7. The zero-order valence-electron chi connectivity index (χ0n) is 12.6. The quantitative estimate of drug-likeness (QED) is 0.873. The van der Waals surface area contributed by atoms with E-state index in [9.17, 15) is 0 Å². The van der Waals surface area contributed by atoms with Crippen molar-refractivity contribution in [2.24, 2.45) is 11.8 Å². The lowest BCUT2D eigenvalue weighted by atomic mass is 9.91. The third-order valence-corrected chi connectivity index (χ3v) is 4.04. The van der Waals surface area contributed by atoms with Gasteiger partial charge < -0.3 is 10.2 Å². The van der Waals surface area contributed by atoms with Gasteiger partial charge in [-0.05, 0) is 30.4 Å². The van der Waals surface area contributed by atoms with E-state index in [-0.39, 0.29) is 0 Å². The maximum Gasteiger partial charge on any atom is 0.0449 e. The first-order chi connectivity index (χ1) is 9.19. The van der Waals surface area contributed by atoms with E-state index < -0.39 is 0 Å². The zero-order valence-corrected chi connectivity index (χ0v) is 12.6. The third-order valence-electron chi connectivity index (χ3n) is 4.04. The predicted octanol–water partition coefficient (Wildman–Crippen LogP) is 3.32. The van der Waals surface area contributed by atoms with Crippen LogP contribution in [0.1, 0.15) is 38.8 Å². The van der Waals surface area contributed by atoms with Crippen LogP contribution in [0.2, 0.25) is 0 Å².